The van der Waals surface area contributed by atoms with E-state index in [0.717, 1.165) is 22.6 Å². The maximum Gasteiger partial charge on any atom is 0.269 e. The van der Waals surface area contributed by atoms with E-state index in [9.17, 15) is 19.7 Å². The molecule has 3 aliphatic rings. The Labute approximate surface area is 208 Å². The summed E-state index contributed by atoms with van der Waals surface area (Å²) in [6, 6.07) is 23.7. The summed E-state index contributed by atoms with van der Waals surface area (Å²) in [5, 5.41) is 11.3. The molecule has 2 aliphatic carbocycles. The molecule has 0 fully saturated rings. The lowest BCUT2D eigenvalue weighted by Gasteiger charge is -2.44. The third kappa shape index (κ3) is 3.25. The Kier molecular flexibility index (Phi) is 4.83. The standard InChI is InChI=1S/C30H24N2O4/c1-30(2)16-23-26(24(33)17-30)25(18-12-14-20(15-13-18)32(35)36)27-28(31(23)19-8-4-3-5-9-19)21-10-6-7-11-22(21)29(27)34/h3-15,25H,16-17H2,1-2H3. The number of non-ortho nitro benzene ring substituents is 1. The van der Waals surface area contributed by atoms with E-state index in [-0.39, 0.29) is 22.7 Å². The number of allylic oxidation sites excluding steroid dienone is 3. The number of benzene rings is 3. The molecule has 36 heavy (non-hydrogen) atoms. The molecule has 0 radical (unpaired) electrons. The molecule has 1 aliphatic heterocycles. The van der Waals surface area contributed by atoms with E-state index in [1.165, 1.54) is 12.1 Å². The first kappa shape index (κ1) is 22.2. The number of nitro groups is 1. The van der Waals surface area contributed by atoms with E-state index in [0.29, 0.717) is 35.1 Å². The number of anilines is 1. The number of hydrogen-bond acceptors (Lipinski definition) is 5. The molecule has 1 unspecified atom stereocenters. The van der Waals surface area contributed by atoms with Crippen molar-refractivity contribution in [1.82, 2.24) is 0 Å². The normalized spacial score (nSPS) is 20.3. The van der Waals surface area contributed by atoms with Crippen molar-refractivity contribution in [2.45, 2.75) is 32.6 Å². The molecule has 6 heteroatoms. The smallest absolute Gasteiger partial charge is 0.269 e. The maximum absolute atomic E-state index is 13.9. The van der Waals surface area contributed by atoms with Crippen LogP contribution < -0.4 is 4.90 Å². The van der Waals surface area contributed by atoms with Crippen molar-refractivity contribution >= 4 is 28.6 Å². The Balaban J connectivity index is 1.67. The second-order valence-electron chi connectivity index (χ2n) is 10.4. The molecule has 0 aromatic heterocycles. The molecular formula is C30H24N2O4. The number of hydrogen-bond donors (Lipinski definition) is 0. The van der Waals surface area contributed by atoms with Crippen molar-refractivity contribution in [2.75, 3.05) is 4.90 Å². The lowest BCUT2D eigenvalue weighted by atomic mass is 9.68. The van der Waals surface area contributed by atoms with Crippen molar-refractivity contribution < 1.29 is 14.5 Å². The van der Waals surface area contributed by atoms with Crippen LogP contribution in [0, 0.1) is 15.5 Å². The highest BCUT2D eigenvalue weighted by molar-refractivity contribution is 6.25. The zero-order chi connectivity index (χ0) is 25.2. The second-order valence-corrected chi connectivity index (χ2v) is 10.4. The Bertz CT molecular complexity index is 1510. The SMILES string of the molecule is CC1(C)CC(=O)C2=C(C1)N(c1ccccc1)C1=C(C(=O)c3ccccc31)C2c1ccc([N+](=O)[O-])cc1. The van der Waals surface area contributed by atoms with E-state index in [1.54, 1.807) is 12.1 Å². The monoisotopic (exact) mass is 476 g/mol. The van der Waals surface area contributed by atoms with Crippen LogP contribution in [0.4, 0.5) is 11.4 Å². The van der Waals surface area contributed by atoms with Crippen LogP contribution in [0.1, 0.15) is 54.1 Å². The van der Waals surface area contributed by atoms with Gasteiger partial charge in [0.2, 0.25) is 0 Å². The first-order chi connectivity index (χ1) is 17.3. The molecule has 3 aromatic rings. The molecule has 0 amide bonds. The van der Waals surface area contributed by atoms with Crippen LogP contribution in [0.5, 0.6) is 0 Å². The summed E-state index contributed by atoms with van der Waals surface area (Å²) in [4.78, 5) is 40.7. The fourth-order valence-corrected chi connectivity index (χ4v) is 5.89. The van der Waals surface area contributed by atoms with Crippen LogP contribution in [0.25, 0.3) is 5.70 Å². The first-order valence-electron chi connectivity index (χ1n) is 12.0. The number of para-hydroxylation sites is 1. The average Bonchev–Trinajstić information content (AvgIpc) is 3.15. The summed E-state index contributed by atoms with van der Waals surface area (Å²) in [6.07, 6.45) is 1.04. The van der Waals surface area contributed by atoms with Gasteiger partial charge in [-0.05, 0) is 29.5 Å². The van der Waals surface area contributed by atoms with Gasteiger partial charge in [0.15, 0.2) is 11.6 Å². The minimum absolute atomic E-state index is 0.0147. The first-order valence-corrected chi connectivity index (χ1v) is 12.0. The van der Waals surface area contributed by atoms with Crippen LogP contribution in [0.2, 0.25) is 0 Å². The van der Waals surface area contributed by atoms with Gasteiger partial charge in [0.25, 0.3) is 5.69 Å². The minimum atomic E-state index is -0.584. The van der Waals surface area contributed by atoms with Crippen LogP contribution in [-0.2, 0) is 4.79 Å². The molecule has 1 atom stereocenters. The van der Waals surface area contributed by atoms with Gasteiger partial charge >= 0.3 is 0 Å². The van der Waals surface area contributed by atoms with Crippen LogP contribution in [-0.4, -0.2) is 16.5 Å². The van der Waals surface area contributed by atoms with Gasteiger partial charge in [0.05, 0.1) is 10.6 Å². The number of carbonyl (C=O) groups is 2. The summed E-state index contributed by atoms with van der Waals surface area (Å²) in [6.45, 7) is 4.19. The van der Waals surface area contributed by atoms with Gasteiger partial charge < -0.3 is 4.90 Å². The fourth-order valence-electron chi connectivity index (χ4n) is 5.89. The fraction of sp³-hybridized carbons (Fsp3) is 0.200. The van der Waals surface area contributed by atoms with Gasteiger partial charge in [0.1, 0.15) is 0 Å². The van der Waals surface area contributed by atoms with Crippen LogP contribution >= 0.6 is 0 Å². The number of Topliss-reactive ketones (excluding diaryl/α,β-unsaturated/α-hetero) is 2. The summed E-state index contributed by atoms with van der Waals surface area (Å²) < 4.78 is 0. The van der Waals surface area contributed by atoms with E-state index >= 15 is 0 Å². The molecular weight excluding hydrogens is 452 g/mol. The topological polar surface area (TPSA) is 80.5 Å². The zero-order valence-corrected chi connectivity index (χ0v) is 20.0. The number of fused-ring (bicyclic) bond motifs is 2. The molecule has 0 N–H and O–H groups in total. The average molecular weight is 477 g/mol. The molecule has 178 valence electrons. The molecule has 6 nitrogen and oxygen atoms in total. The van der Waals surface area contributed by atoms with Crippen molar-refractivity contribution in [3.63, 3.8) is 0 Å². The van der Waals surface area contributed by atoms with Crippen molar-refractivity contribution in [2.24, 2.45) is 5.41 Å². The molecule has 0 saturated heterocycles. The number of rotatable bonds is 3. The highest BCUT2D eigenvalue weighted by Crippen LogP contribution is 2.56. The lowest BCUT2D eigenvalue weighted by Crippen LogP contribution is -2.39. The number of carbonyl (C=O) groups excluding carboxylic acids is 2. The Morgan fingerprint density at radius 2 is 1.47 bits per heavy atom. The Hall–Kier alpha value is -4.32. The Morgan fingerprint density at radius 3 is 2.14 bits per heavy atom. The van der Waals surface area contributed by atoms with Gasteiger partial charge in [0, 0.05) is 58.1 Å². The third-order valence-corrected chi connectivity index (χ3v) is 7.35. The van der Waals surface area contributed by atoms with E-state index in [1.807, 2.05) is 54.6 Å². The summed E-state index contributed by atoms with van der Waals surface area (Å²) in [7, 11) is 0. The third-order valence-electron chi connectivity index (χ3n) is 7.35. The highest BCUT2D eigenvalue weighted by atomic mass is 16.6. The van der Waals surface area contributed by atoms with Crippen molar-refractivity contribution in [3.05, 3.63) is 123 Å². The molecule has 0 bridgehead atoms. The van der Waals surface area contributed by atoms with Crippen molar-refractivity contribution in [1.29, 1.82) is 0 Å². The maximum atomic E-state index is 13.9. The summed E-state index contributed by atoms with van der Waals surface area (Å²) >= 11 is 0. The van der Waals surface area contributed by atoms with E-state index < -0.39 is 10.8 Å². The van der Waals surface area contributed by atoms with Gasteiger partial charge in [-0.2, -0.15) is 0 Å². The molecule has 0 saturated carbocycles. The molecule has 6 rings (SSSR count). The van der Waals surface area contributed by atoms with E-state index in [2.05, 4.69) is 18.7 Å². The van der Waals surface area contributed by atoms with Gasteiger partial charge in [-0.25, -0.2) is 0 Å². The largest absolute Gasteiger partial charge is 0.313 e. The summed E-state index contributed by atoms with van der Waals surface area (Å²) in [5.74, 6) is -0.672. The minimum Gasteiger partial charge on any atom is -0.313 e. The number of ketones is 2. The zero-order valence-electron chi connectivity index (χ0n) is 20.0. The van der Waals surface area contributed by atoms with Gasteiger partial charge in [-0.3, -0.25) is 19.7 Å². The second kappa shape index (κ2) is 7.85. The molecule has 0 spiro atoms. The lowest BCUT2D eigenvalue weighted by molar-refractivity contribution is -0.384. The number of nitro benzene ring substituents is 1. The predicted octanol–water partition coefficient (Wildman–Crippen LogP) is 6.45. The van der Waals surface area contributed by atoms with E-state index in [4.69, 9.17) is 0 Å². The highest BCUT2D eigenvalue weighted by Gasteiger charge is 2.49. The number of nitrogens with zero attached hydrogens (tertiary/aromatic N) is 2. The summed E-state index contributed by atoms with van der Waals surface area (Å²) in [5.41, 5.74) is 5.66. The van der Waals surface area contributed by atoms with Crippen LogP contribution in [0.15, 0.2) is 95.7 Å². The van der Waals surface area contributed by atoms with Crippen LogP contribution in [0.3, 0.4) is 0 Å². The van der Waals surface area contributed by atoms with Gasteiger partial charge in [-0.1, -0.05) is 68.4 Å². The molecule has 3 aromatic carbocycles. The predicted molar refractivity (Wildman–Crippen MR) is 137 cm³/mol. The Morgan fingerprint density at radius 1 is 0.833 bits per heavy atom. The molecule has 1 heterocycles. The van der Waals surface area contributed by atoms with Gasteiger partial charge in [-0.15, -0.1) is 0 Å². The van der Waals surface area contributed by atoms with Crippen molar-refractivity contribution in [3.8, 4) is 0 Å². The quantitative estimate of drug-likeness (QED) is 0.321.